The molecule has 1 aromatic rings. The third kappa shape index (κ3) is 3.34. The van der Waals surface area contributed by atoms with E-state index in [1.54, 1.807) is 6.07 Å². The van der Waals surface area contributed by atoms with Crippen molar-refractivity contribution in [3.05, 3.63) is 33.3 Å². The molecule has 1 heterocycles. The van der Waals surface area contributed by atoms with Crippen LogP contribution in [0.3, 0.4) is 0 Å². The predicted molar refractivity (Wildman–Crippen MR) is 72.2 cm³/mol. The average Bonchev–Trinajstić information content (AvgIpc) is 2.60. The summed E-state index contributed by atoms with van der Waals surface area (Å²) >= 11 is 6.05. The number of anilines is 1. The Hall–Kier alpha value is -1.33. The topological polar surface area (TPSA) is 67.2 Å². The lowest BCUT2D eigenvalue weighted by molar-refractivity contribution is -0.384. The van der Waals surface area contributed by atoms with E-state index >= 15 is 0 Å². The van der Waals surface area contributed by atoms with Crippen molar-refractivity contribution in [1.82, 2.24) is 5.32 Å². The zero-order chi connectivity index (χ0) is 13.0. The molecule has 0 aliphatic carbocycles. The fourth-order valence-corrected chi connectivity index (χ4v) is 2.33. The van der Waals surface area contributed by atoms with Crippen molar-refractivity contribution in [3.63, 3.8) is 0 Å². The highest BCUT2D eigenvalue weighted by atomic mass is 35.5. The van der Waals surface area contributed by atoms with Crippen LogP contribution in [-0.2, 0) is 0 Å². The first-order valence-electron chi connectivity index (χ1n) is 6.08. The number of hydrogen-bond acceptors (Lipinski definition) is 4. The zero-order valence-electron chi connectivity index (χ0n) is 9.99. The van der Waals surface area contributed by atoms with Crippen molar-refractivity contribution in [1.29, 1.82) is 0 Å². The summed E-state index contributed by atoms with van der Waals surface area (Å²) in [5.41, 5.74) is 0.778. The lowest BCUT2D eigenvalue weighted by Gasteiger charge is -2.18. The molecule has 98 valence electrons. The van der Waals surface area contributed by atoms with E-state index in [9.17, 15) is 10.1 Å². The summed E-state index contributed by atoms with van der Waals surface area (Å²) in [7, 11) is 0. The zero-order valence-corrected chi connectivity index (χ0v) is 10.7. The van der Waals surface area contributed by atoms with Crippen molar-refractivity contribution in [2.75, 3.05) is 18.4 Å². The van der Waals surface area contributed by atoms with Crippen LogP contribution in [0.25, 0.3) is 0 Å². The van der Waals surface area contributed by atoms with Crippen LogP contribution in [0.1, 0.15) is 19.3 Å². The van der Waals surface area contributed by atoms with Gasteiger partial charge in [0.15, 0.2) is 0 Å². The van der Waals surface area contributed by atoms with Gasteiger partial charge in [-0.05, 0) is 25.5 Å². The lowest BCUT2D eigenvalue weighted by Crippen LogP contribution is -2.30. The molecule has 5 nitrogen and oxygen atoms in total. The second-order valence-electron chi connectivity index (χ2n) is 4.46. The molecule has 1 aliphatic heterocycles. The highest BCUT2D eigenvalue weighted by Gasteiger charge is 2.14. The van der Waals surface area contributed by atoms with Crippen LogP contribution in [-0.4, -0.2) is 24.1 Å². The number of nitrogens with zero attached hydrogens (tertiary/aromatic N) is 1. The van der Waals surface area contributed by atoms with Gasteiger partial charge in [-0.25, -0.2) is 0 Å². The average molecular weight is 270 g/mol. The van der Waals surface area contributed by atoms with E-state index in [0.29, 0.717) is 11.1 Å². The van der Waals surface area contributed by atoms with E-state index in [1.165, 1.54) is 25.0 Å². The van der Waals surface area contributed by atoms with Gasteiger partial charge in [0.1, 0.15) is 0 Å². The SMILES string of the molecule is O=[N+]([O-])c1ccc(NC2CCCCNC2)c(Cl)c1. The van der Waals surface area contributed by atoms with Gasteiger partial charge in [-0.2, -0.15) is 0 Å². The molecule has 18 heavy (non-hydrogen) atoms. The van der Waals surface area contributed by atoms with E-state index in [1.807, 2.05) is 0 Å². The highest BCUT2D eigenvalue weighted by molar-refractivity contribution is 6.33. The fourth-order valence-electron chi connectivity index (χ4n) is 2.10. The van der Waals surface area contributed by atoms with Gasteiger partial charge in [-0.1, -0.05) is 18.0 Å². The number of nitro groups is 1. The summed E-state index contributed by atoms with van der Waals surface area (Å²) < 4.78 is 0. The van der Waals surface area contributed by atoms with Gasteiger partial charge in [-0.15, -0.1) is 0 Å². The van der Waals surface area contributed by atoms with Crippen LogP contribution in [0.15, 0.2) is 18.2 Å². The normalized spacial score (nSPS) is 20.2. The summed E-state index contributed by atoms with van der Waals surface area (Å²) in [6.07, 6.45) is 3.45. The quantitative estimate of drug-likeness (QED) is 0.654. The van der Waals surface area contributed by atoms with E-state index in [2.05, 4.69) is 10.6 Å². The van der Waals surface area contributed by atoms with Gasteiger partial charge in [0.05, 0.1) is 15.6 Å². The Morgan fingerprint density at radius 3 is 3.00 bits per heavy atom. The maximum absolute atomic E-state index is 10.6. The first kappa shape index (κ1) is 13.1. The second-order valence-corrected chi connectivity index (χ2v) is 4.87. The number of nitrogens with one attached hydrogen (secondary N) is 2. The molecular weight excluding hydrogens is 254 g/mol. The maximum Gasteiger partial charge on any atom is 0.271 e. The van der Waals surface area contributed by atoms with Crippen LogP contribution in [0.2, 0.25) is 5.02 Å². The Labute approximate surface area is 111 Å². The molecule has 1 saturated heterocycles. The van der Waals surface area contributed by atoms with Gasteiger partial charge in [0.2, 0.25) is 0 Å². The monoisotopic (exact) mass is 269 g/mol. The molecule has 0 spiro atoms. The summed E-state index contributed by atoms with van der Waals surface area (Å²) in [4.78, 5) is 10.2. The van der Waals surface area contributed by atoms with Crippen molar-refractivity contribution in [2.24, 2.45) is 0 Å². The van der Waals surface area contributed by atoms with Crippen LogP contribution >= 0.6 is 11.6 Å². The van der Waals surface area contributed by atoms with Gasteiger partial charge < -0.3 is 10.6 Å². The molecule has 2 rings (SSSR count). The molecule has 0 radical (unpaired) electrons. The molecule has 2 N–H and O–H groups in total. The molecule has 0 saturated carbocycles. The minimum absolute atomic E-state index is 0.0181. The van der Waals surface area contributed by atoms with E-state index in [4.69, 9.17) is 11.6 Å². The molecule has 0 amide bonds. The minimum atomic E-state index is -0.442. The fraction of sp³-hybridized carbons (Fsp3) is 0.500. The molecule has 1 unspecified atom stereocenters. The molecule has 1 atom stereocenters. The summed E-state index contributed by atoms with van der Waals surface area (Å²) in [5, 5.41) is 17.7. The second kappa shape index (κ2) is 6.02. The Morgan fingerprint density at radius 2 is 2.28 bits per heavy atom. The standard InChI is InChI=1S/C12H16ClN3O2/c13-11-7-10(16(17)18)4-5-12(11)15-9-3-1-2-6-14-8-9/h4-5,7,9,14-15H,1-3,6,8H2. The summed E-state index contributed by atoms with van der Waals surface area (Å²) in [5.74, 6) is 0. The minimum Gasteiger partial charge on any atom is -0.380 e. The van der Waals surface area contributed by atoms with E-state index in [0.717, 1.165) is 25.2 Å². The van der Waals surface area contributed by atoms with Gasteiger partial charge in [0, 0.05) is 24.7 Å². The Kier molecular flexibility index (Phi) is 4.38. The van der Waals surface area contributed by atoms with Crippen molar-refractivity contribution in [2.45, 2.75) is 25.3 Å². The third-order valence-electron chi connectivity index (χ3n) is 3.07. The Balaban J connectivity index is 2.06. The number of rotatable bonds is 3. The highest BCUT2D eigenvalue weighted by Crippen LogP contribution is 2.27. The summed E-state index contributed by atoms with van der Waals surface area (Å²) in [6.45, 7) is 1.94. The third-order valence-corrected chi connectivity index (χ3v) is 3.38. The molecule has 1 aromatic carbocycles. The van der Waals surface area contributed by atoms with Crippen LogP contribution in [0.4, 0.5) is 11.4 Å². The van der Waals surface area contributed by atoms with Gasteiger partial charge >= 0.3 is 0 Å². The van der Waals surface area contributed by atoms with Crippen molar-refractivity contribution in [3.8, 4) is 0 Å². The molecule has 0 aromatic heterocycles. The molecule has 1 fully saturated rings. The first-order valence-corrected chi connectivity index (χ1v) is 6.46. The number of benzene rings is 1. The van der Waals surface area contributed by atoms with Crippen LogP contribution in [0, 0.1) is 10.1 Å². The Morgan fingerprint density at radius 1 is 1.44 bits per heavy atom. The number of non-ortho nitro benzene ring substituents is 1. The first-order chi connectivity index (χ1) is 8.66. The van der Waals surface area contributed by atoms with Crippen LogP contribution in [0.5, 0.6) is 0 Å². The number of nitro benzene ring substituents is 1. The van der Waals surface area contributed by atoms with Crippen molar-refractivity contribution < 1.29 is 4.92 Å². The van der Waals surface area contributed by atoms with Gasteiger partial charge in [-0.3, -0.25) is 10.1 Å². The van der Waals surface area contributed by atoms with Gasteiger partial charge in [0.25, 0.3) is 5.69 Å². The predicted octanol–water partition coefficient (Wildman–Crippen LogP) is 2.80. The lowest BCUT2D eigenvalue weighted by atomic mass is 10.1. The molecular formula is C12H16ClN3O2. The number of halogens is 1. The summed E-state index contributed by atoms with van der Waals surface area (Å²) in [6, 6.07) is 4.85. The number of hydrogen-bond donors (Lipinski definition) is 2. The molecule has 1 aliphatic rings. The Bertz CT molecular complexity index is 431. The van der Waals surface area contributed by atoms with E-state index < -0.39 is 4.92 Å². The molecule has 0 bridgehead atoms. The van der Waals surface area contributed by atoms with Crippen molar-refractivity contribution >= 4 is 23.0 Å². The smallest absolute Gasteiger partial charge is 0.271 e. The molecule has 6 heteroatoms. The van der Waals surface area contributed by atoms with Crippen LogP contribution < -0.4 is 10.6 Å². The largest absolute Gasteiger partial charge is 0.380 e. The van der Waals surface area contributed by atoms with E-state index in [-0.39, 0.29) is 5.69 Å². The maximum atomic E-state index is 10.6.